The number of carbonyl (C=O) groups excluding carboxylic acids is 1. The van der Waals surface area contributed by atoms with Crippen LogP contribution < -0.4 is 5.32 Å². The molecule has 0 radical (unpaired) electrons. The van der Waals surface area contributed by atoms with Crippen molar-refractivity contribution in [2.45, 2.75) is 32.8 Å². The van der Waals surface area contributed by atoms with E-state index in [0.717, 1.165) is 28.6 Å². The molecule has 0 saturated carbocycles. The second-order valence-corrected chi connectivity index (χ2v) is 6.23. The predicted molar refractivity (Wildman–Crippen MR) is 97.1 cm³/mol. The lowest BCUT2D eigenvalue weighted by molar-refractivity contribution is -0.114. The van der Waals surface area contributed by atoms with Crippen molar-refractivity contribution in [2.75, 3.05) is 5.32 Å². The van der Waals surface area contributed by atoms with Crippen molar-refractivity contribution in [3.63, 3.8) is 0 Å². The number of rotatable bonds is 5. The van der Waals surface area contributed by atoms with Crippen molar-refractivity contribution in [2.24, 2.45) is 0 Å². The molecule has 0 bridgehead atoms. The van der Waals surface area contributed by atoms with Gasteiger partial charge >= 0.3 is 0 Å². The molecule has 1 amide bonds. The first-order valence-electron chi connectivity index (χ1n) is 8.15. The molecule has 0 saturated heterocycles. The van der Waals surface area contributed by atoms with Crippen LogP contribution in [0, 0.1) is 6.92 Å². The lowest BCUT2D eigenvalue weighted by Gasteiger charge is -2.12. The monoisotopic (exact) mass is 322 g/mol. The number of aliphatic hydroxyl groups is 1. The van der Waals surface area contributed by atoms with Crippen LogP contribution in [0.3, 0.4) is 0 Å². The first-order valence-corrected chi connectivity index (χ1v) is 8.15. The topological polar surface area (TPSA) is 65.1 Å². The van der Waals surface area contributed by atoms with Crippen LogP contribution >= 0.6 is 0 Å². The molecule has 1 aromatic heterocycles. The number of hydrogen-bond donors (Lipinski definition) is 3. The fraction of sp³-hybridized carbons (Fsp3) is 0.250. The highest BCUT2D eigenvalue weighted by Gasteiger charge is 2.11. The van der Waals surface area contributed by atoms with Gasteiger partial charge in [0.25, 0.3) is 0 Å². The minimum Gasteiger partial charge on any atom is -0.388 e. The molecule has 1 atom stereocenters. The number of aliphatic hydroxyl groups excluding tert-OH is 1. The Kier molecular flexibility index (Phi) is 4.67. The van der Waals surface area contributed by atoms with Gasteiger partial charge < -0.3 is 15.4 Å². The van der Waals surface area contributed by atoms with Gasteiger partial charge in [0.15, 0.2) is 0 Å². The van der Waals surface area contributed by atoms with Gasteiger partial charge in [0.2, 0.25) is 5.91 Å². The van der Waals surface area contributed by atoms with Gasteiger partial charge in [-0.1, -0.05) is 35.9 Å². The molecule has 1 unspecified atom stereocenters. The van der Waals surface area contributed by atoms with E-state index in [1.807, 2.05) is 18.2 Å². The van der Waals surface area contributed by atoms with Crippen molar-refractivity contribution in [3.05, 3.63) is 65.4 Å². The third-order valence-corrected chi connectivity index (χ3v) is 4.23. The average molecular weight is 322 g/mol. The summed E-state index contributed by atoms with van der Waals surface area (Å²) in [5.74, 6) is -0.110. The summed E-state index contributed by atoms with van der Waals surface area (Å²) in [7, 11) is 0. The van der Waals surface area contributed by atoms with Gasteiger partial charge in [-0.05, 0) is 43.0 Å². The van der Waals surface area contributed by atoms with Crippen molar-refractivity contribution < 1.29 is 9.90 Å². The quantitative estimate of drug-likeness (QED) is 0.662. The maximum absolute atomic E-state index is 11.3. The van der Waals surface area contributed by atoms with Crippen LogP contribution in [-0.4, -0.2) is 16.0 Å². The fourth-order valence-electron chi connectivity index (χ4n) is 2.86. The Morgan fingerprint density at radius 1 is 1.21 bits per heavy atom. The molecule has 24 heavy (non-hydrogen) atoms. The second kappa shape index (κ2) is 6.89. The summed E-state index contributed by atoms with van der Waals surface area (Å²) < 4.78 is 0. The number of aromatic nitrogens is 1. The lowest BCUT2D eigenvalue weighted by atomic mass is 9.99. The van der Waals surface area contributed by atoms with Crippen LogP contribution in [0.5, 0.6) is 0 Å². The minimum absolute atomic E-state index is 0.110. The van der Waals surface area contributed by atoms with Crippen molar-refractivity contribution in [1.29, 1.82) is 0 Å². The number of carbonyl (C=O) groups is 1. The Hall–Kier alpha value is -2.59. The number of H-pyrrole nitrogens is 1. The van der Waals surface area contributed by atoms with Crippen molar-refractivity contribution in [1.82, 2.24) is 4.98 Å². The number of aryl methyl sites for hydroxylation is 2. The van der Waals surface area contributed by atoms with Gasteiger partial charge in [-0.2, -0.15) is 0 Å². The number of benzene rings is 2. The maximum Gasteiger partial charge on any atom is 0.221 e. The summed E-state index contributed by atoms with van der Waals surface area (Å²) in [5, 5.41) is 14.2. The summed E-state index contributed by atoms with van der Waals surface area (Å²) in [6.07, 6.45) is 2.73. The normalized spacial score (nSPS) is 12.3. The van der Waals surface area contributed by atoms with E-state index in [0.29, 0.717) is 6.42 Å². The Morgan fingerprint density at radius 2 is 1.96 bits per heavy atom. The molecule has 0 fully saturated rings. The van der Waals surface area contributed by atoms with E-state index in [-0.39, 0.29) is 5.91 Å². The standard InChI is InChI=1S/C20H22N2O2/c1-13-3-5-15(6-4-13)7-10-20(24)16-8-9-18-17(11-16)19(12-21-18)22-14(2)23/h3-6,8-9,11-12,20-21,24H,7,10H2,1-2H3,(H,22,23). The summed E-state index contributed by atoms with van der Waals surface area (Å²) in [4.78, 5) is 14.4. The number of amides is 1. The first-order chi connectivity index (χ1) is 11.5. The van der Waals surface area contributed by atoms with Gasteiger partial charge in [-0.3, -0.25) is 4.79 Å². The van der Waals surface area contributed by atoms with Crippen LogP contribution in [0.4, 0.5) is 5.69 Å². The Labute approximate surface area is 141 Å². The minimum atomic E-state index is -0.532. The first kappa shape index (κ1) is 16.3. The van der Waals surface area contributed by atoms with Gasteiger partial charge in [0, 0.05) is 24.0 Å². The zero-order chi connectivity index (χ0) is 17.1. The zero-order valence-electron chi connectivity index (χ0n) is 14.0. The van der Waals surface area contributed by atoms with Crippen molar-refractivity contribution >= 4 is 22.5 Å². The summed E-state index contributed by atoms with van der Waals surface area (Å²) in [6.45, 7) is 3.55. The molecule has 2 aromatic carbocycles. The molecule has 0 spiro atoms. The van der Waals surface area contributed by atoms with Gasteiger partial charge in [-0.25, -0.2) is 0 Å². The summed E-state index contributed by atoms with van der Waals surface area (Å²) >= 11 is 0. The van der Waals surface area contributed by atoms with E-state index in [2.05, 4.69) is 41.5 Å². The van der Waals surface area contributed by atoms with Crippen LogP contribution in [0.1, 0.15) is 36.1 Å². The van der Waals surface area contributed by atoms with Crippen LogP contribution in [0.2, 0.25) is 0 Å². The van der Waals surface area contributed by atoms with Crippen LogP contribution in [0.25, 0.3) is 10.9 Å². The molecule has 3 N–H and O–H groups in total. The van der Waals surface area contributed by atoms with Gasteiger partial charge in [0.1, 0.15) is 0 Å². The van der Waals surface area contributed by atoms with E-state index in [1.54, 1.807) is 6.20 Å². The van der Waals surface area contributed by atoms with E-state index in [4.69, 9.17) is 0 Å². The highest BCUT2D eigenvalue weighted by atomic mass is 16.3. The largest absolute Gasteiger partial charge is 0.388 e. The highest BCUT2D eigenvalue weighted by Crippen LogP contribution is 2.28. The molecule has 3 aromatic rings. The summed E-state index contributed by atoms with van der Waals surface area (Å²) in [5.41, 5.74) is 5.00. The third kappa shape index (κ3) is 3.66. The van der Waals surface area contributed by atoms with Crippen LogP contribution in [0.15, 0.2) is 48.7 Å². The Morgan fingerprint density at radius 3 is 2.67 bits per heavy atom. The molecular formula is C20H22N2O2. The third-order valence-electron chi connectivity index (χ3n) is 4.23. The van der Waals surface area contributed by atoms with E-state index in [1.165, 1.54) is 18.1 Å². The van der Waals surface area contributed by atoms with Crippen LogP contribution in [-0.2, 0) is 11.2 Å². The smallest absolute Gasteiger partial charge is 0.221 e. The van der Waals surface area contributed by atoms with Crippen molar-refractivity contribution in [3.8, 4) is 0 Å². The Bertz CT molecular complexity index is 850. The molecule has 3 rings (SSSR count). The van der Waals surface area contributed by atoms with E-state index < -0.39 is 6.10 Å². The molecule has 4 nitrogen and oxygen atoms in total. The number of anilines is 1. The number of aromatic amines is 1. The molecule has 4 heteroatoms. The molecule has 1 heterocycles. The van der Waals surface area contributed by atoms with E-state index >= 15 is 0 Å². The number of nitrogens with one attached hydrogen (secondary N) is 2. The fourth-order valence-corrected chi connectivity index (χ4v) is 2.86. The number of fused-ring (bicyclic) bond motifs is 1. The van der Waals surface area contributed by atoms with Gasteiger partial charge in [-0.15, -0.1) is 0 Å². The highest BCUT2D eigenvalue weighted by molar-refractivity contribution is 6.01. The molecule has 124 valence electrons. The molecule has 0 aliphatic carbocycles. The predicted octanol–water partition coefficient (Wildman–Crippen LogP) is 4.10. The molecule has 0 aliphatic heterocycles. The number of hydrogen-bond acceptors (Lipinski definition) is 2. The SMILES string of the molecule is CC(=O)Nc1c[nH]c2ccc(C(O)CCc3ccc(C)cc3)cc12. The zero-order valence-corrected chi connectivity index (χ0v) is 14.0. The Balaban J connectivity index is 1.75. The lowest BCUT2D eigenvalue weighted by Crippen LogP contribution is -2.05. The average Bonchev–Trinajstić information content (AvgIpc) is 2.95. The maximum atomic E-state index is 11.3. The molecular weight excluding hydrogens is 300 g/mol. The summed E-state index contributed by atoms with van der Waals surface area (Å²) in [6, 6.07) is 14.2. The van der Waals surface area contributed by atoms with E-state index in [9.17, 15) is 9.90 Å². The molecule has 0 aliphatic rings. The second-order valence-electron chi connectivity index (χ2n) is 6.23. The van der Waals surface area contributed by atoms with Gasteiger partial charge in [0.05, 0.1) is 11.8 Å².